The third-order valence-electron chi connectivity index (χ3n) is 8.42. The summed E-state index contributed by atoms with van der Waals surface area (Å²) in [6, 6.07) is 12.3. The summed E-state index contributed by atoms with van der Waals surface area (Å²) >= 11 is 0. The fourth-order valence-electron chi connectivity index (χ4n) is 6.24. The molecule has 0 unspecified atom stereocenters. The lowest BCUT2D eigenvalue weighted by molar-refractivity contribution is 0.184. The van der Waals surface area contributed by atoms with E-state index in [-0.39, 0.29) is 12.1 Å². The molecule has 2 heterocycles. The highest BCUT2D eigenvalue weighted by molar-refractivity contribution is 6.14. The van der Waals surface area contributed by atoms with Gasteiger partial charge in [0.15, 0.2) is 11.5 Å². The zero-order chi connectivity index (χ0) is 25.3. The number of methoxy groups -OCH3 is 2. The third-order valence-corrected chi connectivity index (χ3v) is 8.42. The number of nitrogens with zero attached hydrogens (tertiary/aromatic N) is 3. The highest BCUT2D eigenvalue weighted by atomic mass is 16.5. The fraction of sp³-hybridized carbons (Fsp3) is 0.517. The Balaban J connectivity index is 1.48. The van der Waals surface area contributed by atoms with Gasteiger partial charge in [-0.25, -0.2) is 9.80 Å². The summed E-state index contributed by atoms with van der Waals surface area (Å²) in [5.74, 6) is 1.33. The average molecular weight is 491 g/mol. The number of piperidine rings is 1. The fourth-order valence-corrected chi connectivity index (χ4v) is 6.24. The molecular formula is C29H38N4O3. The molecule has 1 saturated heterocycles. The Morgan fingerprint density at radius 2 is 1.64 bits per heavy atom. The smallest absolute Gasteiger partial charge is 0.337 e. The maximum absolute atomic E-state index is 12.7. The number of carbonyl (C=O) groups is 1. The quantitative estimate of drug-likeness (QED) is 0.640. The van der Waals surface area contributed by atoms with Crippen molar-refractivity contribution in [1.29, 1.82) is 0 Å². The van der Waals surface area contributed by atoms with Crippen molar-refractivity contribution in [3.8, 4) is 11.5 Å². The number of nitrogens with one attached hydrogen (secondary N) is 1. The molecule has 36 heavy (non-hydrogen) atoms. The number of anilines is 1. The molecule has 1 atom stereocenters. The van der Waals surface area contributed by atoms with Crippen LogP contribution in [0.2, 0.25) is 0 Å². The number of hydrazone groups is 1. The van der Waals surface area contributed by atoms with Crippen molar-refractivity contribution >= 4 is 17.4 Å². The molecule has 1 aliphatic carbocycles. The number of urea groups is 1. The minimum atomic E-state index is -0.225. The Bertz CT molecular complexity index is 1130. The van der Waals surface area contributed by atoms with Crippen LogP contribution in [0.25, 0.3) is 0 Å². The molecule has 3 aliphatic rings. The zero-order valence-electron chi connectivity index (χ0n) is 22.0. The van der Waals surface area contributed by atoms with Crippen LogP contribution in [0.1, 0.15) is 62.1 Å². The second-order valence-corrected chi connectivity index (χ2v) is 10.5. The summed E-state index contributed by atoms with van der Waals surface area (Å²) in [4.78, 5) is 15.2. The molecule has 2 amide bonds. The summed E-state index contributed by atoms with van der Waals surface area (Å²) in [6.45, 7) is 4.27. The maximum atomic E-state index is 12.7. The van der Waals surface area contributed by atoms with Crippen LogP contribution in [0.15, 0.2) is 41.5 Å². The second kappa shape index (κ2) is 10.0. The van der Waals surface area contributed by atoms with Crippen LogP contribution in [-0.2, 0) is 6.42 Å². The highest BCUT2D eigenvalue weighted by Gasteiger charge is 2.37. The number of ether oxygens (including phenoxy) is 2. The van der Waals surface area contributed by atoms with Crippen molar-refractivity contribution in [1.82, 2.24) is 10.3 Å². The van der Waals surface area contributed by atoms with Gasteiger partial charge >= 0.3 is 6.03 Å². The largest absolute Gasteiger partial charge is 0.493 e. The van der Waals surface area contributed by atoms with Gasteiger partial charge in [0.25, 0.3) is 0 Å². The molecule has 7 nitrogen and oxygen atoms in total. The molecule has 1 N–H and O–H groups in total. The number of carbonyl (C=O) groups excluding carboxylic acids is 1. The molecule has 5 rings (SSSR count). The van der Waals surface area contributed by atoms with E-state index in [2.05, 4.69) is 34.5 Å². The van der Waals surface area contributed by atoms with Crippen molar-refractivity contribution in [2.75, 3.05) is 39.3 Å². The minimum absolute atomic E-state index is 0.116. The van der Waals surface area contributed by atoms with E-state index in [0.29, 0.717) is 23.3 Å². The molecule has 1 spiro atoms. The normalized spacial score (nSPS) is 21.0. The monoisotopic (exact) mass is 490 g/mol. The number of amides is 2. The van der Waals surface area contributed by atoms with Gasteiger partial charge in [-0.2, -0.15) is 5.10 Å². The average Bonchev–Trinajstić information content (AvgIpc) is 3.31. The Labute approximate surface area is 214 Å². The van der Waals surface area contributed by atoms with Crippen molar-refractivity contribution in [3.63, 3.8) is 0 Å². The first-order valence-corrected chi connectivity index (χ1v) is 13.2. The Kier molecular flexibility index (Phi) is 6.82. The first-order valence-electron chi connectivity index (χ1n) is 13.2. The second-order valence-electron chi connectivity index (χ2n) is 10.5. The Hall–Kier alpha value is -3.22. The van der Waals surface area contributed by atoms with Gasteiger partial charge in [0.05, 0.1) is 26.0 Å². The molecule has 2 aliphatic heterocycles. The summed E-state index contributed by atoms with van der Waals surface area (Å²) in [6.07, 6.45) is 8.89. The van der Waals surface area contributed by atoms with E-state index in [1.165, 1.54) is 44.2 Å². The number of benzene rings is 2. The zero-order valence-corrected chi connectivity index (χ0v) is 22.0. The Morgan fingerprint density at radius 1 is 1.00 bits per heavy atom. The molecule has 1 saturated carbocycles. The van der Waals surface area contributed by atoms with Crippen molar-refractivity contribution < 1.29 is 14.3 Å². The molecule has 2 fully saturated rings. The molecule has 2 aromatic rings. The molecule has 0 radical (unpaired) electrons. The number of hydrogen-bond donors (Lipinski definition) is 1. The van der Waals surface area contributed by atoms with Crippen LogP contribution >= 0.6 is 0 Å². The van der Waals surface area contributed by atoms with Gasteiger partial charge in [-0.15, -0.1) is 0 Å². The van der Waals surface area contributed by atoms with Gasteiger partial charge < -0.3 is 19.7 Å². The van der Waals surface area contributed by atoms with Crippen LogP contribution in [-0.4, -0.2) is 57.2 Å². The first kappa shape index (κ1) is 24.5. The summed E-state index contributed by atoms with van der Waals surface area (Å²) in [5.41, 5.74) is 5.63. The molecule has 192 valence electrons. The SMILES string of the molecule is CNC(=O)N1N=C(c2ccc(N3CCC4(CCCC4)CC3)cc2)c2cc(OC)c(OC)cc2C[C@H]1C. The van der Waals surface area contributed by atoms with E-state index in [0.717, 1.165) is 35.5 Å². The first-order chi connectivity index (χ1) is 17.5. The van der Waals surface area contributed by atoms with Crippen molar-refractivity contribution in [2.24, 2.45) is 10.5 Å². The van der Waals surface area contributed by atoms with E-state index in [1.54, 1.807) is 26.3 Å². The molecular weight excluding hydrogens is 452 g/mol. The molecule has 0 bridgehead atoms. The van der Waals surface area contributed by atoms with Crippen LogP contribution in [0.3, 0.4) is 0 Å². The summed E-state index contributed by atoms with van der Waals surface area (Å²) < 4.78 is 11.2. The lowest BCUT2D eigenvalue weighted by atomic mass is 9.77. The third kappa shape index (κ3) is 4.51. The van der Waals surface area contributed by atoms with Crippen molar-refractivity contribution in [2.45, 2.75) is 57.9 Å². The van der Waals surface area contributed by atoms with Gasteiger partial charge in [0.2, 0.25) is 0 Å². The standard InChI is InChI=1S/C29H38N4O3/c1-20-17-22-18-25(35-3)26(36-4)19-24(22)27(31-33(20)28(34)30-2)21-7-9-23(10-8-21)32-15-13-29(14-16-32)11-5-6-12-29/h7-10,18-20H,5-6,11-17H2,1-4H3,(H,30,34)/t20-/m1/s1. The van der Waals surface area contributed by atoms with Gasteiger partial charge in [-0.05, 0) is 74.3 Å². The van der Waals surface area contributed by atoms with Gasteiger partial charge in [0.1, 0.15) is 0 Å². The lowest BCUT2D eigenvalue weighted by Gasteiger charge is -2.40. The predicted octanol–water partition coefficient (Wildman–Crippen LogP) is 5.20. The Morgan fingerprint density at radius 3 is 2.25 bits per heavy atom. The van der Waals surface area contributed by atoms with Gasteiger partial charge in [-0.1, -0.05) is 25.0 Å². The maximum Gasteiger partial charge on any atom is 0.337 e. The van der Waals surface area contributed by atoms with Crippen LogP contribution < -0.4 is 19.7 Å². The van der Waals surface area contributed by atoms with E-state index < -0.39 is 0 Å². The lowest BCUT2D eigenvalue weighted by Crippen LogP contribution is -2.41. The van der Waals surface area contributed by atoms with Gasteiger partial charge in [-0.3, -0.25) is 0 Å². The van der Waals surface area contributed by atoms with Gasteiger partial charge in [0, 0.05) is 37.0 Å². The van der Waals surface area contributed by atoms with E-state index in [9.17, 15) is 4.79 Å². The van der Waals surface area contributed by atoms with Crippen LogP contribution in [0, 0.1) is 5.41 Å². The van der Waals surface area contributed by atoms with Crippen molar-refractivity contribution in [3.05, 3.63) is 53.1 Å². The molecule has 7 heteroatoms. The van der Waals surface area contributed by atoms with E-state index in [1.807, 2.05) is 19.1 Å². The topological polar surface area (TPSA) is 66.4 Å². The highest BCUT2D eigenvalue weighted by Crippen LogP contribution is 2.46. The summed E-state index contributed by atoms with van der Waals surface area (Å²) in [7, 11) is 4.92. The summed E-state index contributed by atoms with van der Waals surface area (Å²) in [5, 5.41) is 9.17. The number of hydrogen-bond acceptors (Lipinski definition) is 5. The molecule has 0 aromatic heterocycles. The minimum Gasteiger partial charge on any atom is -0.493 e. The predicted molar refractivity (Wildman–Crippen MR) is 143 cm³/mol. The van der Waals surface area contributed by atoms with E-state index >= 15 is 0 Å². The van der Waals surface area contributed by atoms with Crippen LogP contribution in [0.4, 0.5) is 10.5 Å². The van der Waals surface area contributed by atoms with Crippen LogP contribution in [0.5, 0.6) is 11.5 Å². The van der Waals surface area contributed by atoms with E-state index in [4.69, 9.17) is 14.6 Å². The molecule has 2 aromatic carbocycles. The number of fused-ring (bicyclic) bond motifs is 1. The number of rotatable bonds is 4.